The van der Waals surface area contributed by atoms with Gasteiger partial charge in [0, 0.05) is 25.2 Å². The number of carbonyl (C=O) groups is 1. The topological polar surface area (TPSA) is 52.6 Å². The Morgan fingerprint density at radius 2 is 2.00 bits per heavy atom. The summed E-state index contributed by atoms with van der Waals surface area (Å²) < 4.78 is 0. The lowest BCUT2D eigenvalue weighted by atomic mass is 10.0. The molecule has 0 saturated carbocycles. The lowest BCUT2D eigenvalue weighted by molar-refractivity contribution is -0.117. The minimum Gasteiger partial charge on any atom is -0.392 e. The second-order valence-corrected chi connectivity index (χ2v) is 6.94. The second kappa shape index (κ2) is 8.28. The highest BCUT2D eigenvalue weighted by Crippen LogP contribution is 2.23. The van der Waals surface area contributed by atoms with Crippen molar-refractivity contribution >= 4 is 11.6 Å². The van der Waals surface area contributed by atoms with E-state index in [4.69, 9.17) is 0 Å². The van der Waals surface area contributed by atoms with Crippen molar-refractivity contribution in [2.75, 3.05) is 18.4 Å². The van der Waals surface area contributed by atoms with Gasteiger partial charge in [-0.3, -0.25) is 9.69 Å². The van der Waals surface area contributed by atoms with E-state index in [2.05, 4.69) is 34.5 Å². The number of nitrogens with zero attached hydrogens (tertiary/aromatic N) is 1. The molecule has 1 aliphatic rings. The van der Waals surface area contributed by atoms with Gasteiger partial charge in [0.05, 0.1) is 6.61 Å². The first kappa shape index (κ1) is 17.6. The van der Waals surface area contributed by atoms with Crippen LogP contribution in [0.2, 0.25) is 0 Å². The number of hydrogen-bond donors (Lipinski definition) is 2. The molecule has 0 aliphatic carbocycles. The number of aliphatic hydroxyl groups excluding tert-OH is 1. The molecule has 2 aromatic carbocycles. The number of nitrogens with one attached hydrogen (secondary N) is 1. The van der Waals surface area contributed by atoms with Crippen LogP contribution in [0.5, 0.6) is 0 Å². The Balaban J connectivity index is 1.50. The standard InChI is InChI=1S/C21H26N2O2/c1-16-7-8-19(15-24)11-20(16)22-21(25)12-18-9-10-23(14-18)13-17-5-3-2-4-6-17/h2-8,11,18,24H,9-10,12-15H2,1H3,(H,22,25). The van der Waals surface area contributed by atoms with Gasteiger partial charge in [-0.15, -0.1) is 0 Å². The first-order valence-electron chi connectivity index (χ1n) is 8.90. The predicted octanol–water partition coefficient (Wildman–Crippen LogP) is 3.34. The van der Waals surface area contributed by atoms with Gasteiger partial charge in [-0.25, -0.2) is 0 Å². The summed E-state index contributed by atoms with van der Waals surface area (Å²) in [4.78, 5) is 14.8. The first-order chi connectivity index (χ1) is 12.1. The SMILES string of the molecule is Cc1ccc(CO)cc1NC(=O)CC1CCN(Cc2ccccc2)C1. The third kappa shape index (κ3) is 4.91. The maximum absolute atomic E-state index is 12.4. The zero-order valence-corrected chi connectivity index (χ0v) is 14.7. The van der Waals surface area contributed by atoms with Gasteiger partial charge < -0.3 is 10.4 Å². The van der Waals surface area contributed by atoms with Crippen molar-refractivity contribution in [2.45, 2.75) is 32.9 Å². The van der Waals surface area contributed by atoms with Gasteiger partial charge in [-0.05, 0) is 48.6 Å². The van der Waals surface area contributed by atoms with Crippen molar-refractivity contribution in [1.29, 1.82) is 0 Å². The lowest BCUT2D eigenvalue weighted by Crippen LogP contribution is -2.22. The van der Waals surface area contributed by atoms with Crippen molar-refractivity contribution in [3.8, 4) is 0 Å². The number of benzene rings is 2. The Morgan fingerprint density at radius 3 is 2.76 bits per heavy atom. The van der Waals surface area contributed by atoms with Crippen LogP contribution in [0, 0.1) is 12.8 Å². The number of hydrogen-bond acceptors (Lipinski definition) is 3. The smallest absolute Gasteiger partial charge is 0.224 e. The molecule has 1 atom stereocenters. The highest BCUT2D eigenvalue weighted by molar-refractivity contribution is 5.91. The molecule has 2 N–H and O–H groups in total. The molecule has 3 rings (SSSR count). The molecule has 1 heterocycles. The molecule has 1 aliphatic heterocycles. The molecule has 0 spiro atoms. The molecule has 4 nitrogen and oxygen atoms in total. The molecule has 0 radical (unpaired) electrons. The van der Waals surface area contributed by atoms with Crippen molar-refractivity contribution in [3.05, 3.63) is 65.2 Å². The van der Waals surface area contributed by atoms with E-state index < -0.39 is 0 Å². The third-order valence-corrected chi connectivity index (χ3v) is 4.85. The molecule has 1 unspecified atom stereocenters. The summed E-state index contributed by atoms with van der Waals surface area (Å²) in [6, 6.07) is 16.1. The highest BCUT2D eigenvalue weighted by Gasteiger charge is 2.24. The van der Waals surface area contributed by atoms with E-state index in [0.717, 1.165) is 42.9 Å². The Morgan fingerprint density at radius 1 is 1.20 bits per heavy atom. The number of carbonyl (C=O) groups excluding carboxylic acids is 1. The number of amides is 1. The maximum atomic E-state index is 12.4. The number of aryl methyl sites for hydroxylation is 1. The van der Waals surface area contributed by atoms with Crippen molar-refractivity contribution < 1.29 is 9.90 Å². The van der Waals surface area contributed by atoms with E-state index in [1.807, 2.05) is 31.2 Å². The summed E-state index contributed by atoms with van der Waals surface area (Å²) in [5.41, 5.74) is 3.96. The summed E-state index contributed by atoms with van der Waals surface area (Å²) in [5.74, 6) is 0.467. The fourth-order valence-corrected chi connectivity index (χ4v) is 3.43. The quantitative estimate of drug-likeness (QED) is 0.849. The first-order valence-corrected chi connectivity index (χ1v) is 8.90. The van der Waals surface area contributed by atoms with Crippen molar-refractivity contribution in [3.63, 3.8) is 0 Å². The summed E-state index contributed by atoms with van der Waals surface area (Å²) in [6.07, 6.45) is 1.62. The van der Waals surface area contributed by atoms with Gasteiger partial charge in [-0.1, -0.05) is 42.5 Å². The maximum Gasteiger partial charge on any atom is 0.224 e. The molecular formula is C21H26N2O2. The molecule has 1 fully saturated rings. The van der Waals surface area contributed by atoms with E-state index in [-0.39, 0.29) is 12.5 Å². The van der Waals surface area contributed by atoms with E-state index >= 15 is 0 Å². The zero-order chi connectivity index (χ0) is 17.6. The van der Waals surface area contributed by atoms with Gasteiger partial charge in [0.25, 0.3) is 0 Å². The fourth-order valence-electron chi connectivity index (χ4n) is 3.43. The van der Waals surface area contributed by atoms with Gasteiger partial charge >= 0.3 is 0 Å². The third-order valence-electron chi connectivity index (χ3n) is 4.85. The van der Waals surface area contributed by atoms with Gasteiger partial charge in [0.2, 0.25) is 5.91 Å². The van der Waals surface area contributed by atoms with Crippen molar-refractivity contribution in [2.24, 2.45) is 5.92 Å². The molecule has 25 heavy (non-hydrogen) atoms. The number of aliphatic hydroxyl groups is 1. The number of rotatable bonds is 6. The molecule has 132 valence electrons. The van der Waals surface area contributed by atoms with Crippen LogP contribution in [-0.2, 0) is 17.9 Å². The Bertz CT molecular complexity index is 715. The average molecular weight is 338 g/mol. The molecule has 1 amide bonds. The minimum absolute atomic E-state index is 0.0137. The molecule has 0 bridgehead atoms. The van der Waals surface area contributed by atoms with Gasteiger partial charge in [-0.2, -0.15) is 0 Å². The summed E-state index contributed by atoms with van der Waals surface area (Å²) in [7, 11) is 0. The average Bonchev–Trinajstić information content (AvgIpc) is 3.04. The van der Waals surface area contributed by atoms with Crippen LogP contribution < -0.4 is 5.32 Å². The largest absolute Gasteiger partial charge is 0.392 e. The van der Waals surface area contributed by atoms with Crippen LogP contribution in [-0.4, -0.2) is 29.0 Å². The summed E-state index contributed by atoms with van der Waals surface area (Å²) in [6.45, 7) is 4.93. The Kier molecular flexibility index (Phi) is 5.84. The van der Waals surface area contributed by atoms with Gasteiger partial charge in [0.1, 0.15) is 0 Å². The highest BCUT2D eigenvalue weighted by atomic mass is 16.3. The van der Waals surface area contributed by atoms with Crippen LogP contribution in [0.25, 0.3) is 0 Å². The van der Waals surface area contributed by atoms with Gasteiger partial charge in [0.15, 0.2) is 0 Å². The fraction of sp³-hybridized carbons (Fsp3) is 0.381. The number of likely N-dealkylation sites (tertiary alicyclic amines) is 1. The summed E-state index contributed by atoms with van der Waals surface area (Å²) in [5, 5.41) is 12.3. The molecule has 4 heteroatoms. The monoisotopic (exact) mass is 338 g/mol. The number of anilines is 1. The minimum atomic E-state index is -0.0137. The lowest BCUT2D eigenvalue weighted by Gasteiger charge is -2.16. The van der Waals surface area contributed by atoms with E-state index in [1.165, 1.54) is 5.56 Å². The molecular weight excluding hydrogens is 312 g/mol. The van der Waals surface area contributed by atoms with Crippen LogP contribution in [0.15, 0.2) is 48.5 Å². The van der Waals surface area contributed by atoms with Crippen LogP contribution in [0.1, 0.15) is 29.5 Å². The predicted molar refractivity (Wildman–Crippen MR) is 100 cm³/mol. The molecule has 1 saturated heterocycles. The Hall–Kier alpha value is -2.17. The van der Waals surface area contributed by atoms with Crippen LogP contribution in [0.3, 0.4) is 0 Å². The zero-order valence-electron chi connectivity index (χ0n) is 14.7. The Labute approximate surface area is 149 Å². The molecule has 0 aromatic heterocycles. The van der Waals surface area contributed by atoms with Crippen molar-refractivity contribution in [1.82, 2.24) is 4.90 Å². The van der Waals surface area contributed by atoms with Crippen LogP contribution >= 0.6 is 0 Å². The van der Waals surface area contributed by atoms with Crippen LogP contribution in [0.4, 0.5) is 5.69 Å². The van der Waals surface area contributed by atoms with E-state index in [9.17, 15) is 9.90 Å². The molecule has 2 aromatic rings. The second-order valence-electron chi connectivity index (χ2n) is 6.94. The summed E-state index contributed by atoms with van der Waals surface area (Å²) >= 11 is 0. The van der Waals surface area contributed by atoms with E-state index in [0.29, 0.717) is 12.3 Å². The van der Waals surface area contributed by atoms with E-state index in [1.54, 1.807) is 0 Å². The normalized spacial score (nSPS) is 17.6.